The van der Waals surface area contributed by atoms with Gasteiger partial charge in [0.1, 0.15) is 0 Å². The topological polar surface area (TPSA) is 0 Å². The molecule has 0 spiro atoms. The highest BCUT2D eigenvalue weighted by atomic mass is 14.2. The van der Waals surface area contributed by atoms with Gasteiger partial charge >= 0.3 is 0 Å². The van der Waals surface area contributed by atoms with Gasteiger partial charge in [-0.05, 0) is 24.3 Å². The maximum absolute atomic E-state index is 3.77. The van der Waals surface area contributed by atoms with Crippen molar-refractivity contribution in [3.8, 4) is 0 Å². The summed E-state index contributed by atoms with van der Waals surface area (Å²) in [7, 11) is 0. The molecular weight excluding hydrogens is 132 g/mol. The van der Waals surface area contributed by atoms with Crippen LogP contribution in [-0.4, -0.2) is 0 Å². The van der Waals surface area contributed by atoms with Gasteiger partial charge in [-0.3, -0.25) is 0 Å². The van der Waals surface area contributed by atoms with Crippen molar-refractivity contribution in [2.24, 2.45) is 5.92 Å². The molecule has 0 radical (unpaired) electrons. The summed E-state index contributed by atoms with van der Waals surface area (Å²) in [6, 6.07) is 0. The summed E-state index contributed by atoms with van der Waals surface area (Å²) < 4.78 is 0. The van der Waals surface area contributed by atoms with Gasteiger partial charge < -0.3 is 0 Å². The molecule has 0 bridgehead atoms. The summed E-state index contributed by atoms with van der Waals surface area (Å²) in [6.45, 7) is 7.44. The van der Waals surface area contributed by atoms with E-state index in [9.17, 15) is 0 Å². The molecule has 11 heavy (non-hydrogen) atoms. The fraction of sp³-hybridized carbons (Fsp3) is 0.545. The quantitative estimate of drug-likeness (QED) is 0.415. The van der Waals surface area contributed by atoms with Gasteiger partial charge in [0.15, 0.2) is 0 Å². The first-order valence-corrected chi connectivity index (χ1v) is 4.41. The van der Waals surface area contributed by atoms with E-state index in [-0.39, 0.29) is 0 Å². The lowest BCUT2D eigenvalue weighted by Gasteiger charge is -2.21. The van der Waals surface area contributed by atoms with Crippen LogP contribution in [0.1, 0.15) is 32.1 Å². The summed E-state index contributed by atoms with van der Waals surface area (Å²) in [5, 5.41) is 0. The second kappa shape index (κ2) is 4.20. The smallest absolute Gasteiger partial charge is 0.00415 e. The Kier molecular flexibility index (Phi) is 3.19. The van der Waals surface area contributed by atoms with Crippen molar-refractivity contribution in [2.45, 2.75) is 32.1 Å². The third-order valence-corrected chi connectivity index (χ3v) is 2.47. The maximum atomic E-state index is 3.77. The van der Waals surface area contributed by atoms with Gasteiger partial charge in [-0.25, -0.2) is 0 Å². The minimum absolute atomic E-state index is 0.707. The lowest BCUT2D eigenvalue weighted by molar-refractivity contribution is 0.409. The number of allylic oxidation sites excluding steroid dienone is 2. The van der Waals surface area contributed by atoms with Gasteiger partial charge in [0.05, 0.1) is 0 Å². The first-order chi connectivity index (χ1) is 5.38. The second-order valence-corrected chi connectivity index (χ2v) is 3.17. The lowest BCUT2D eigenvalue weighted by Crippen LogP contribution is -2.06. The van der Waals surface area contributed by atoms with Gasteiger partial charge in [-0.15, -0.1) is 5.73 Å². The average molecular weight is 148 g/mol. The van der Waals surface area contributed by atoms with Crippen molar-refractivity contribution in [2.75, 3.05) is 0 Å². The van der Waals surface area contributed by atoms with Gasteiger partial charge in [0, 0.05) is 0 Å². The molecule has 0 aromatic rings. The molecule has 60 valence electrons. The van der Waals surface area contributed by atoms with E-state index in [0.29, 0.717) is 5.92 Å². The fourth-order valence-corrected chi connectivity index (χ4v) is 1.80. The van der Waals surface area contributed by atoms with E-state index in [1.165, 1.54) is 37.7 Å². The summed E-state index contributed by atoms with van der Waals surface area (Å²) in [4.78, 5) is 0. The van der Waals surface area contributed by atoms with Crippen LogP contribution in [0, 0.1) is 5.92 Å². The zero-order chi connectivity index (χ0) is 8.10. The van der Waals surface area contributed by atoms with Crippen LogP contribution in [-0.2, 0) is 0 Å². The molecule has 1 fully saturated rings. The summed E-state index contributed by atoms with van der Waals surface area (Å²) >= 11 is 0. The van der Waals surface area contributed by atoms with Crippen LogP contribution in [0.15, 0.2) is 30.5 Å². The molecule has 0 N–H and O–H groups in total. The Hall–Kier alpha value is -0.740. The fourth-order valence-electron chi connectivity index (χ4n) is 1.80. The summed E-state index contributed by atoms with van der Waals surface area (Å²) in [5.74, 6) is 0.707. The van der Waals surface area contributed by atoms with Crippen LogP contribution in [0.3, 0.4) is 0 Å². The first-order valence-electron chi connectivity index (χ1n) is 4.41. The average Bonchev–Trinajstić information content (AvgIpc) is 2.09. The molecule has 0 aromatic heterocycles. The molecule has 0 saturated heterocycles. The molecule has 0 aliphatic heterocycles. The monoisotopic (exact) mass is 148 g/mol. The van der Waals surface area contributed by atoms with Crippen LogP contribution in [0.5, 0.6) is 0 Å². The van der Waals surface area contributed by atoms with Crippen molar-refractivity contribution in [3.63, 3.8) is 0 Å². The van der Waals surface area contributed by atoms with Crippen molar-refractivity contribution in [3.05, 3.63) is 30.5 Å². The van der Waals surface area contributed by atoms with Crippen molar-refractivity contribution < 1.29 is 0 Å². The van der Waals surface area contributed by atoms with E-state index in [4.69, 9.17) is 0 Å². The summed E-state index contributed by atoms with van der Waals surface area (Å²) in [5.41, 5.74) is 4.20. The largest absolute Gasteiger partial charge is 0.125 e. The molecule has 0 nitrogen and oxygen atoms in total. The van der Waals surface area contributed by atoms with Crippen LogP contribution in [0.2, 0.25) is 0 Å². The van der Waals surface area contributed by atoms with Crippen molar-refractivity contribution in [1.29, 1.82) is 0 Å². The predicted molar refractivity (Wildman–Crippen MR) is 49.4 cm³/mol. The highest BCUT2D eigenvalue weighted by Crippen LogP contribution is 2.29. The lowest BCUT2D eigenvalue weighted by atomic mass is 9.84. The minimum atomic E-state index is 0.707. The Labute approximate surface area is 69.3 Å². The molecule has 1 rings (SSSR count). The van der Waals surface area contributed by atoms with Gasteiger partial charge in [0.2, 0.25) is 0 Å². The van der Waals surface area contributed by atoms with Gasteiger partial charge in [0.25, 0.3) is 0 Å². The highest BCUT2D eigenvalue weighted by Gasteiger charge is 2.14. The van der Waals surface area contributed by atoms with Crippen LogP contribution < -0.4 is 0 Å². The molecule has 0 atom stereocenters. The maximum Gasteiger partial charge on any atom is -0.00415 e. The van der Waals surface area contributed by atoms with E-state index in [1.807, 2.05) is 6.08 Å². The van der Waals surface area contributed by atoms with Gasteiger partial charge in [-0.2, -0.15) is 0 Å². The molecular formula is C11H16. The van der Waals surface area contributed by atoms with Crippen molar-refractivity contribution >= 4 is 0 Å². The third-order valence-electron chi connectivity index (χ3n) is 2.47. The zero-order valence-electron chi connectivity index (χ0n) is 7.10. The van der Waals surface area contributed by atoms with E-state index < -0.39 is 0 Å². The zero-order valence-corrected chi connectivity index (χ0v) is 7.10. The predicted octanol–water partition coefficient (Wildman–Crippen LogP) is 3.46. The highest BCUT2D eigenvalue weighted by molar-refractivity contribution is 5.18. The van der Waals surface area contributed by atoms with Crippen LogP contribution in [0.25, 0.3) is 0 Å². The Bertz CT molecular complexity index is 176. The molecule has 0 unspecified atom stereocenters. The van der Waals surface area contributed by atoms with E-state index >= 15 is 0 Å². The van der Waals surface area contributed by atoms with E-state index in [2.05, 4.69) is 18.9 Å². The molecule has 0 aromatic carbocycles. The molecule has 0 heteroatoms. The van der Waals surface area contributed by atoms with Crippen molar-refractivity contribution in [1.82, 2.24) is 0 Å². The number of hydrogen-bond acceptors (Lipinski definition) is 0. The molecule has 1 aliphatic carbocycles. The Morgan fingerprint density at radius 2 is 1.91 bits per heavy atom. The Morgan fingerprint density at radius 3 is 2.36 bits per heavy atom. The first kappa shape index (κ1) is 8.36. The summed E-state index contributed by atoms with van der Waals surface area (Å²) in [6.07, 6.45) is 8.65. The van der Waals surface area contributed by atoms with Gasteiger partial charge in [-0.1, -0.05) is 38.5 Å². The third kappa shape index (κ3) is 2.10. The Morgan fingerprint density at radius 1 is 1.27 bits per heavy atom. The minimum Gasteiger partial charge on any atom is -0.125 e. The second-order valence-electron chi connectivity index (χ2n) is 3.17. The normalized spacial score (nSPS) is 18.9. The van der Waals surface area contributed by atoms with Crippen LogP contribution >= 0.6 is 0 Å². The standard InChI is InChI=1S/C11H16/c1-3-10(4-2)11-8-6-5-7-9-11/h3,11H,1-2,5-9H2. The molecule has 1 aliphatic rings. The van der Waals surface area contributed by atoms with Crippen LogP contribution in [0.4, 0.5) is 0 Å². The Balaban J connectivity index is 2.57. The van der Waals surface area contributed by atoms with E-state index in [1.54, 1.807) is 0 Å². The molecule has 1 saturated carbocycles. The van der Waals surface area contributed by atoms with E-state index in [0.717, 1.165) is 0 Å². The number of hydrogen-bond donors (Lipinski definition) is 0. The molecule has 0 heterocycles. The SMILES string of the molecule is C=C=C(C=C)C1CCCCC1. The molecule has 0 amide bonds. The number of rotatable bonds is 2.